The van der Waals surface area contributed by atoms with E-state index in [4.69, 9.17) is 9.84 Å². The van der Waals surface area contributed by atoms with Crippen LogP contribution in [0.15, 0.2) is 0 Å². The number of hydrogen-bond acceptors (Lipinski definition) is 3. The Balaban J connectivity index is 1.69. The number of urea groups is 1. The molecule has 102 valence electrons. The molecule has 2 amide bonds. The fraction of sp³-hybridized carbons (Fsp3) is 0.833. The Morgan fingerprint density at radius 1 is 1.00 bits per heavy atom. The molecule has 1 saturated carbocycles. The van der Waals surface area contributed by atoms with Gasteiger partial charge in [0.2, 0.25) is 0 Å². The van der Waals surface area contributed by atoms with Gasteiger partial charge >= 0.3 is 12.0 Å². The number of carbonyl (C=O) groups excluding carboxylic acids is 1. The second-order valence-electron chi connectivity index (χ2n) is 5.05. The van der Waals surface area contributed by atoms with Gasteiger partial charge in [-0.15, -0.1) is 0 Å². The van der Waals surface area contributed by atoms with Crippen LogP contribution in [0.2, 0.25) is 0 Å². The molecule has 3 N–H and O–H groups in total. The summed E-state index contributed by atoms with van der Waals surface area (Å²) in [6.07, 6.45) is 3.62. The molecule has 2 atom stereocenters. The van der Waals surface area contributed by atoms with Gasteiger partial charge < -0.3 is 20.5 Å². The van der Waals surface area contributed by atoms with Crippen LogP contribution in [0.1, 0.15) is 32.1 Å². The lowest BCUT2D eigenvalue weighted by molar-refractivity contribution is -0.141. The van der Waals surface area contributed by atoms with Crippen molar-refractivity contribution in [2.75, 3.05) is 13.2 Å². The van der Waals surface area contributed by atoms with Gasteiger partial charge in [-0.1, -0.05) is 0 Å². The number of amides is 2. The Morgan fingerprint density at radius 3 is 2.28 bits per heavy atom. The van der Waals surface area contributed by atoms with E-state index in [2.05, 4.69) is 10.6 Å². The minimum absolute atomic E-state index is 0.00839. The van der Waals surface area contributed by atoms with E-state index in [-0.39, 0.29) is 24.0 Å². The van der Waals surface area contributed by atoms with Crippen molar-refractivity contribution in [3.8, 4) is 0 Å². The van der Waals surface area contributed by atoms with Gasteiger partial charge in [-0.25, -0.2) is 4.79 Å². The van der Waals surface area contributed by atoms with Gasteiger partial charge in [0, 0.05) is 25.3 Å². The monoisotopic (exact) mass is 256 g/mol. The Kier molecular flexibility index (Phi) is 4.41. The lowest BCUT2D eigenvalue weighted by atomic mass is 10.1. The van der Waals surface area contributed by atoms with Gasteiger partial charge in [0.05, 0.1) is 5.92 Å². The standard InChI is InChI=1S/C12H20N2O4/c15-11(16)8-1-2-10(7-8)14-12(17)13-9-3-5-18-6-4-9/h8-10H,1-7H2,(H,15,16)(H2,13,14,17). The fourth-order valence-electron chi connectivity index (χ4n) is 2.59. The molecule has 0 bridgehead atoms. The van der Waals surface area contributed by atoms with E-state index in [1.165, 1.54) is 0 Å². The summed E-state index contributed by atoms with van der Waals surface area (Å²) in [6.45, 7) is 1.38. The maximum Gasteiger partial charge on any atom is 0.315 e. The minimum Gasteiger partial charge on any atom is -0.481 e. The summed E-state index contributed by atoms with van der Waals surface area (Å²) >= 11 is 0. The molecule has 18 heavy (non-hydrogen) atoms. The number of aliphatic carboxylic acids is 1. The van der Waals surface area contributed by atoms with Gasteiger partial charge in [-0.2, -0.15) is 0 Å². The topological polar surface area (TPSA) is 87.7 Å². The summed E-state index contributed by atoms with van der Waals surface area (Å²) in [5, 5.41) is 14.7. The predicted octanol–water partition coefficient (Wildman–Crippen LogP) is 0.718. The van der Waals surface area contributed by atoms with Crippen LogP contribution in [0.3, 0.4) is 0 Å². The predicted molar refractivity (Wildman–Crippen MR) is 64.3 cm³/mol. The average Bonchev–Trinajstić information content (AvgIpc) is 2.78. The number of ether oxygens (including phenoxy) is 1. The zero-order valence-electron chi connectivity index (χ0n) is 10.4. The van der Waals surface area contributed by atoms with Gasteiger partial charge in [0.15, 0.2) is 0 Å². The largest absolute Gasteiger partial charge is 0.481 e. The number of rotatable bonds is 3. The van der Waals surface area contributed by atoms with Crippen LogP contribution < -0.4 is 10.6 Å². The van der Waals surface area contributed by atoms with E-state index in [0.29, 0.717) is 26.1 Å². The molecule has 1 heterocycles. The van der Waals surface area contributed by atoms with Crippen LogP contribution in [-0.4, -0.2) is 42.4 Å². The molecule has 0 radical (unpaired) electrons. The summed E-state index contributed by atoms with van der Waals surface area (Å²) < 4.78 is 5.22. The molecule has 0 aromatic heterocycles. The van der Waals surface area contributed by atoms with Crippen molar-refractivity contribution in [3.05, 3.63) is 0 Å². The molecule has 1 aliphatic carbocycles. The SMILES string of the molecule is O=C(NC1CCOCC1)NC1CCC(C(=O)O)C1. The Morgan fingerprint density at radius 2 is 1.67 bits per heavy atom. The molecule has 2 unspecified atom stereocenters. The molecule has 6 heteroatoms. The van der Waals surface area contributed by atoms with E-state index in [9.17, 15) is 9.59 Å². The fourth-order valence-corrected chi connectivity index (χ4v) is 2.59. The lowest BCUT2D eigenvalue weighted by Crippen LogP contribution is -2.47. The van der Waals surface area contributed by atoms with E-state index in [0.717, 1.165) is 19.3 Å². The van der Waals surface area contributed by atoms with E-state index in [1.54, 1.807) is 0 Å². The smallest absolute Gasteiger partial charge is 0.315 e. The van der Waals surface area contributed by atoms with Gasteiger partial charge in [-0.05, 0) is 32.1 Å². The first-order valence-corrected chi connectivity index (χ1v) is 6.52. The maximum absolute atomic E-state index is 11.7. The minimum atomic E-state index is -0.760. The molecule has 2 aliphatic rings. The number of carboxylic acids is 1. The number of carboxylic acid groups (broad SMARTS) is 1. The Hall–Kier alpha value is -1.30. The molecule has 1 saturated heterocycles. The lowest BCUT2D eigenvalue weighted by Gasteiger charge is -2.24. The molecule has 1 aliphatic heterocycles. The Bertz CT molecular complexity index is 315. The third-order valence-electron chi connectivity index (χ3n) is 3.67. The first-order chi connectivity index (χ1) is 8.65. The maximum atomic E-state index is 11.7. The van der Waals surface area contributed by atoms with Crippen LogP contribution in [0.5, 0.6) is 0 Å². The summed E-state index contributed by atoms with van der Waals surface area (Å²) in [7, 11) is 0. The second kappa shape index (κ2) is 6.04. The van der Waals surface area contributed by atoms with Crippen LogP contribution in [0.25, 0.3) is 0 Å². The molecule has 2 fully saturated rings. The zero-order valence-corrected chi connectivity index (χ0v) is 10.4. The van der Waals surface area contributed by atoms with Crippen molar-refractivity contribution in [2.24, 2.45) is 5.92 Å². The first kappa shape index (κ1) is 13.1. The number of carbonyl (C=O) groups is 2. The quantitative estimate of drug-likeness (QED) is 0.694. The molecular weight excluding hydrogens is 236 g/mol. The van der Waals surface area contributed by atoms with Crippen molar-refractivity contribution in [3.63, 3.8) is 0 Å². The Labute approximate surface area is 106 Å². The number of hydrogen-bond donors (Lipinski definition) is 3. The van der Waals surface area contributed by atoms with E-state index < -0.39 is 5.97 Å². The zero-order chi connectivity index (χ0) is 13.0. The molecule has 0 aromatic carbocycles. The second-order valence-corrected chi connectivity index (χ2v) is 5.05. The van der Waals surface area contributed by atoms with Gasteiger partial charge in [0.1, 0.15) is 0 Å². The van der Waals surface area contributed by atoms with E-state index >= 15 is 0 Å². The van der Waals surface area contributed by atoms with Crippen LogP contribution >= 0.6 is 0 Å². The van der Waals surface area contributed by atoms with Crippen molar-refractivity contribution in [1.29, 1.82) is 0 Å². The van der Waals surface area contributed by atoms with Crippen LogP contribution in [0, 0.1) is 5.92 Å². The highest BCUT2D eigenvalue weighted by molar-refractivity contribution is 5.75. The van der Waals surface area contributed by atoms with Crippen molar-refractivity contribution in [1.82, 2.24) is 10.6 Å². The van der Waals surface area contributed by atoms with Gasteiger partial charge in [0.25, 0.3) is 0 Å². The van der Waals surface area contributed by atoms with Crippen LogP contribution in [0.4, 0.5) is 4.79 Å². The normalized spacial score (nSPS) is 28.9. The summed E-state index contributed by atoms with van der Waals surface area (Å²) in [4.78, 5) is 22.5. The van der Waals surface area contributed by atoms with Crippen molar-refractivity contribution in [2.45, 2.75) is 44.2 Å². The third-order valence-corrected chi connectivity index (χ3v) is 3.67. The highest BCUT2D eigenvalue weighted by Crippen LogP contribution is 2.25. The third kappa shape index (κ3) is 3.60. The highest BCUT2D eigenvalue weighted by Gasteiger charge is 2.30. The summed E-state index contributed by atoms with van der Waals surface area (Å²) in [5.74, 6) is -1.07. The van der Waals surface area contributed by atoms with Crippen molar-refractivity contribution >= 4 is 12.0 Å². The molecular formula is C12H20N2O4. The van der Waals surface area contributed by atoms with Gasteiger partial charge in [-0.3, -0.25) is 4.79 Å². The first-order valence-electron chi connectivity index (χ1n) is 6.52. The summed E-state index contributed by atoms with van der Waals surface area (Å²) in [6, 6.07) is -0.0145. The average molecular weight is 256 g/mol. The molecule has 2 rings (SSSR count). The summed E-state index contributed by atoms with van der Waals surface area (Å²) in [5.41, 5.74) is 0. The van der Waals surface area contributed by atoms with Crippen molar-refractivity contribution < 1.29 is 19.4 Å². The molecule has 0 spiro atoms. The molecule has 6 nitrogen and oxygen atoms in total. The van der Waals surface area contributed by atoms with Crippen LogP contribution in [-0.2, 0) is 9.53 Å². The number of nitrogens with one attached hydrogen (secondary N) is 2. The highest BCUT2D eigenvalue weighted by atomic mass is 16.5. The van der Waals surface area contributed by atoms with E-state index in [1.807, 2.05) is 0 Å². The molecule has 0 aromatic rings.